The molecule has 8 heteroatoms. The lowest BCUT2D eigenvalue weighted by atomic mass is 9.67. The number of benzene rings is 1. The molecule has 1 aliphatic carbocycles. The predicted octanol–water partition coefficient (Wildman–Crippen LogP) is 4.01. The first-order valence-electron chi connectivity index (χ1n) is 12.4. The second-order valence-corrected chi connectivity index (χ2v) is 12.3. The first-order chi connectivity index (χ1) is 16.1. The number of imide groups is 1. The lowest BCUT2D eigenvalue weighted by molar-refractivity contribution is -0.135. The van der Waals surface area contributed by atoms with Crippen molar-refractivity contribution >= 4 is 35.3 Å². The number of nitrogens with one attached hydrogen (secondary N) is 2. The van der Waals surface area contributed by atoms with Crippen molar-refractivity contribution in [1.82, 2.24) is 15.1 Å². The van der Waals surface area contributed by atoms with Gasteiger partial charge < -0.3 is 10.6 Å². The topological polar surface area (TPSA) is 81.8 Å². The summed E-state index contributed by atoms with van der Waals surface area (Å²) in [7, 11) is 0. The predicted molar refractivity (Wildman–Crippen MR) is 137 cm³/mol. The lowest BCUT2D eigenvalue weighted by Gasteiger charge is -2.40. The molecule has 3 fully saturated rings. The number of hydrogen-bond donors (Lipinski definition) is 2. The third kappa shape index (κ3) is 5.28. The minimum atomic E-state index is -0.846. The quantitative estimate of drug-likeness (QED) is 0.615. The van der Waals surface area contributed by atoms with Gasteiger partial charge in [0.25, 0.3) is 5.91 Å². The van der Waals surface area contributed by atoms with E-state index in [2.05, 4.69) is 42.4 Å². The highest BCUT2D eigenvalue weighted by atomic mass is 32.2. The molecule has 4 rings (SSSR count). The molecule has 0 radical (unpaired) electrons. The van der Waals surface area contributed by atoms with Gasteiger partial charge in [0.15, 0.2) is 0 Å². The number of carbonyl (C=O) groups is 3. The van der Waals surface area contributed by atoms with Crippen molar-refractivity contribution < 1.29 is 14.4 Å². The lowest BCUT2D eigenvalue weighted by Crippen LogP contribution is -2.51. The Labute approximate surface area is 207 Å². The number of thioether (sulfide) groups is 1. The van der Waals surface area contributed by atoms with Gasteiger partial charge in [-0.3, -0.25) is 19.4 Å². The zero-order chi connectivity index (χ0) is 24.5. The molecule has 0 atom stereocenters. The summed E-state index contributed by atoms with van der Waals surface area (Å²) in [5, 5.41) is 5.87. The Morgan fingerprint density at radius 3 is 2.50 bits per heavy atom. The second kappa shape index (κ2) is 9.90. The molecule has 4 amide bonds. The van der Waals surface area contributed by atoms with Crippen molar-refractivity contribution in [3.05, 3.63) is 29.3 Å². The molecular weight excluding hydrogens is 448 g/mol. The third-order valence-corrected chi connectivity index (χ3v) is 8.77. The van der Waals surface area contributed by atoms with Gasteiger partial charge in [-0.15, -0.1) is 0 Å². The highest BCUT2D eigenvalue weighted by molar-refractivity contribution is 7.99. The Hall–Kier alpha value is -2.06. The third-order valence-electron chi connectivity index (χ3n) is 7.83. The average molecular weight is 487 g/mol. The second-order valence-electron chi connectivity index (χ2n) is 11.1. The number of carbonyl (C=O) groups excluding carboxylic acids is 3. The summed E-state index contributed by atoms with van der Waals surface area (Å²) in [5.41, 5.74) is 2.30. The van der Waals surface area contributed by atoms with Crippen molar-refractivity contribution in [2.45, 2.75) is 65.5 Å². The van der Waals surface area contributed by atoms with Crippen LogP contribution in [0, 0.1) is 18.3 Å². The summed E-state index contributed by atoms with van der Waals surface area (Å²) in [4.78, 5) is 42.3. The van der Waals surface area contributed by atoms with Crippen molar-refractivity contribution in [2.24, 2.45) is 11.3 Å². The number of hydrogen-bond acceptors (Lipinski definition) is 5. The zero-order valence-corrected chi connectivity index (χ0v) is 21.7. The van der Waals surface area contributed by atoms with Gasteiger partial charge in [0.05, 0.1) is 0 Å². The number of anilines is 1. The molecule has 1 aromatic carbocycles. The maximum Gasteiger partial charge on any atom is 0.325 e. The minimum Gasteiger partial charge on any atom is -0.324 e. The molecule has 186 valence electrons. The van der Waals surface area contributed by atoms with Crippen LogP contribution in [0.2, 0.25) is 0 Å². The van der Waals surface area contributed by atoms with Gasteiger partial charge in [-0.25, -0.2) is 4.79 Å². The first-order valence-corrected chi connectivity index (χ1v) is 13.6. The van der Waals surface area contributed by atoms with E-state index < -0.39 is 11.6 Å². The molecule has 0 aromatic heterocycles. The van der Waals surface area contributed by atoms with Crippen LogP contribution < -0.4 is 10.6 Å². The van der Waals surface area contributed by atoms with Gasteiger partial charge in [0.2, 0.25) is 5.91 Å². The van der Waals surface area contributed by atoms with Gasteiger partial charge in [-0.1, -0.05) is 32.9 Å². The van der Waals surface area contributed by atoms with E-state index >= 15 is 0 Å². The first kappa shape index (κ1) is 25.0. The van der Waals surface area contributed by atoms with E-state index in [0.717, 1.165) is 60.1 Å². The van der Waals surface area contributed by atoms with Crippen LogP contribution in [0.3, 0.4) is 0 Å². The average Bonchev–Trinajstić information content (AvgIpc) is 3.01. The summed E-state index contributed by atoms with van der Waals surface area (Å²) in [6.45, 7) is 11.4. The van der Waals surface area contributed by atoms with E-state index in [0.29, 0.717) is 18.8 Å². The molecule has 34 heavy (non-hydrogen) atoms. The van der Waals surface area contributed by atoms with Gasteiger partial charge in [0, 0.05) is 36.8 Å². The smallest absolute Gasteiger partial charge is 0.324 e. The Morgan fingerprint density at radius 1 is 1.18 bits per heavy atom. The van der Waals surface area contributed by atoms with E-state index in [1.54, 1.807) is 0 Å². The summed E-state index contributed by atoms with van der Waals surface area (Å²) >= 11 is 1.99. The molecule has 1 spiro atoms. The molecule has 2 aliphatic heterocycles. The van der Waals surface area contributed by atoms with Gasteiger partial charge in [-0.05, 0) is 61.1 Å². The van der Waals surface area contributed by atoms with Gasteiger partial charge in [-0.2, -0.15) is 11.8 Å². The summed E-state index contributed by atoms with van der Waals surface area (Å²) < 4.78 is 0. The van der Waals surface area contributed by atoms with Crippen molar-refractivity contribution in [3.63, 3.8) is 0 Å². The normalized spacial score (nSPS) is 26.1. The maximum atomic E-state index is 13.2. The SMILES string of the molecule is Cc1c(CN2CCSCC2)cccc1NC(=O)CN1C(=O)NC2(CCC(C(C)(C)C)CC2)C1=O. The van der Waals surface area contributed by atoms with Gasteiger partial charge >= 0.3 is 6.03 Å². The Kier molecular flexibility index (Phi) is 7.29. The summed E-state index contributed by atoms with van der Waals surface area (Å²) in [6, 6.07) is 5.47. The molecule has 0 bridgehead atoms. The van der Waals surface area contributed by atoms with E-state index in [1.807, 2.05) is 30.8 Å². The molecule has 1 saturated carbocycles. The summed E-state index contributed by atoms with van der Waals surface area (Å²) in [6.07, 6.45) is 3.07. The largest absolute Gasteiger partial charge is 0.325 e. The highest BCUT2D eigenvalue weighted by Gasteiger charge is 2.53. The zero-order valence-electron chi connectivity index (χ0n) is 20.9. The molecular formula is C26H38N4O3S. The van der Waals surface area contributed by atoms with Crippen LogP contribution >= 0.6 is 11.8 Å². The van der Waals surface area contributed by atoms with Crippen LogP contribution in [0.1, 0.15) is 57.6 Å². The molecule has 1 aromatic rings. The molecule has 7 nitrogen and oxygen atoms in total. The minimum absolute atomic E-state index is 0.187. The van der Waals surface area contributed by atoms with Crippen LogP contribution in [0.25, 0.3) is 0 Å². The van der Waals surface area contributed by atoms with Crippen LogP contribution in [-0.4, -0.2) is 64.3 Å². The number of rotatable bonds is 5. The molecule has 3 aliphatic rings. The fourth-order valence-corrected chi connectivity index (χ4v) is 6.44. The molecule has 2 heterocycles. The number of amides is 4. The fourth-order valence-electron chi connectivity index (χ4n) is 5.46. The van der Waals surface area contributed by atoms with E-state index in [1.165, 1.54) is 5.56 Å². The molecule has 2 saturated heterocycles. The Balaban J connectivity index is 1.37. The molecule has 2 N–H and O–H groups in total. The van der Waals surface area contributed by atoms with Crippen molar-refractivity contribution in [2.75, 3.05) is 36.5 Å². The van der Waals surface area contributed by atoms with E-state index in [9.17, 15) is 14.4 Å². The number of urea groups is 1. The monoisotopic (exact) mass is 486 g/mol. The highest BCUT2D eigenvalue weighted by Crippen LogP contribution is 2.43. The van der Waals surface area contributed by atoms with Crippen molar-refractivity contribution in [3.8, 4) is 0 Å². The Bertz CT molecular complexity index is 944. The van der Waals surface area contributed by atoms with E-state index in [4.69, 9.17) is 0 Å². The van der Waals surface area contributed by atoms with Crippen LogP contribution in [-0.2, 0) is 16.1 Å². The van der Waals surface area contributed by atoms with Crippen LogP contribution in [0.4, 0.5) is 10.5 Å². The Morgan fingerprint density at radius 2 is 1.85 bits per heavy atom. The van der Waals surface area contributed by atoms with Crippen LogP contribution in [0.15, 0.2) is 18.2 Å². The maximum absolute atomic E-state index is 13.2. The van der Waals surface area contributed by atoms with E-state index in [-0.39, 0.29) is 23.8 Å². The van der Waals surface area contributed by atoms with Crippen LogP contribution in [0.5, 0.6) is 0 Å². The molecule has 0 unspecified atom stereocenters. The number of nitrogens with zero attached hydrogens (tertiary/aromatic N) is 2. The van der Waals surface area contributed by atoms with Crippen molar-refractivity contribution in [1.29, 1.82) is 0 Å². The summed E-state index contributed by atoms with van der Waals surface area (Å²) in [5.74, 6) is 2.23. The fraction of sp³-hybridized carbons (Fsp3) is 0.654. The van der Waals surface area contributed by atoms with Gasteiger partial charge in [0.1, 0.15) is 12.1 Å². The standard InChI is InChI=1S/C26H38N4O3S/c1-18-19(16-29-12-14-34-15-13-29)6-5-7-21(18)27-22(31)17-30-23(32)26(28-24(30)33)10-8-20(9-11-26)25(2,3)4/h5-7,20H,8-17H2,1-4H3,(H,27,31)(H,28,33).